The Hall–Kier alpha value is -2.75. The van der Waals surface area contributed by atoms with Crippen molar-refractivity contribution in [3.63, 3.8) is 0 Å². The third kappa shape index (κ3) is 2.47. The fourth-order valence-electron chi connectivity index (χ4n) is 4.55. The van der Waals surface area contributed by atoms with E-state index in [2.05, 4.69) is 78.3 Å². The van der Waals surface area contributed by atoms with Gasteiger partial charge in [0.25, 0.3) is 0 Å². The van der Waals surface area contributed by atoms with Gasteiger partial charge in [0.15, 0.2) is 0 Å². The zero-order chi connectivity index (χ0) is 20.1. The van der Waals surface area contributed by atoms with Gasteiger partial charge in [0.05, 0.1) is 5.41 Å². The second-order valence-electron chi connectivity index (χ2n) is 8.37. The van der Waals surface area contributed by atoms with E-state index in [0.29, 0.717) is 0 Å². The molecule has 0 bridgehead atoms. The summed E-state index contributed by atoms with van der Waals surface area (Å²) in [6, 6.07) is 16.5. The highest BCUT2D eigenvalue weighted by atomic mass is 16.6. The molecular weight excluding hydrogens is 348 g/mol. The van der Waals surface area contributed by atoms with Gasteiger partial charge in [-0.05, 0) is 55.7 Å². The van der Waals surface area contributed by atoms with Crippen LogP contribution in [0.25, 0.3) is 6.08 Å². The quantitative estimate of drug-likeness (QED) is 0.731. The standard InChI is InChI=1S/C24H28N2O2/c1-6-20-22(27)28-24(16-15-17-11-13-18(14-12-17)25(4)5)23(2,3)19-9-7-8-10-21(19)26(20)24/h7-16,20H,6H2,1-5H3/b16-15+. The number of nitrogens with zero attached hydrogens (tertiary/aromatic N) is 2. The lowest BCUT2D eigenvalue weighted by molar-refractivity contribution is -0.149. The van der Waals surface area contributed by atoms with Gasteiger partial charge in [0.1, 0.15) is 6.04 Å². The summed E-state index contributed by atoms with van der Waals surface area (Å²) in [6.07, 6.45) is 4.87. The van der Waals surface area contributed by atoms with Crippen molar-refractivity contribution in [1.29, 1.82) is 0 Å². The first-order chi connectivity index (χ1) is 13.3. The van der Waals surface area contributed by atoms with Gasteiger partial charge in [0, 0.05) is 25.5 Å². The highest BCUT2D eigenvalue weighted by Gasteiger charge is 2.65. The lowest BCUT2D eigenvalue weighted by atomic mass is 9.77. The predicted molar refractivity (Wildman–Crippen MR) is 115 cm³/mol. The van der Waals surface area contributed by atoms with Gasteiger partial charge in [-0.1, -0.05) is 43.3 Å². The average molecular weight is 377 g/mol. The second kappa shape index (κ2) is 6.40. The van der Waals surface area contributed by atoms with Crippen LogP contribution in [0.1, 0.15) is 38.3 Å². The number of benzene rings is 2. The Kier molecular flexibility index (Phi) is 4.25. The Labute approximate surface area is 167 Å². The Morgan fingerprint density at radius 1 is 1.11 bits per heavy atom. The largest absolute Gasteiger partial charge is 0.433 e. The minimum absolute atomic E-state index is 0.141. The minimum Gasteiger partial charge on any atom is -0.433 e. The zero-order valence-corrected chi connectivity index (χ0v) is 17.3. The molecule has 2 aromatic carbocycles. The van der Waals surface area contributed by atoms with Crippen LogP contribution in [0.2, 0.25) is 0 Å². The van der Waals surface area contributed by atoms with Crippen LogP contribution in [0.15, 0.2) is 54.6 Å². The molecule has 0 N–H and O–H groups in total. The van der Waals surface area contributed by atoms with Gasteiger partial charge < -0.3 is 14.5 Å². The topological polar surface area (TPSA) is 32.8 Å². The van der Waals surface area contributed by atoms with E-state index in [1.54, 1.807) is 0 Å². The van der Waals surface area contributed by atoms with Crippen molar-refractivity contribution in [2.75, 3.05) is 23.9 Å². The molecule has 2 aliphatic heterocycles. The summed E-state index contributed by atoms with van der Waals surface area (Å²) in [5.41, 5.74) is 3.38. The molecule has 0 aromatic heterocycles. The van der Waals surface area contributed by atoms with Crippen molar-refractivity contribution in [3.05, 3.63) is 65.7 Å². The predicted octanol–water partition coefficient (Wildman–Crippen LogP) is 4.60. The molecule has 2 aromatic rings. The van der Waals surface area contributed by atoms with Crippen LogP contribution < -0.4 is 9.80 Å². The minimum atomic E-state index is -0.811. The van der Waals surface area contributed by atoms with E-state index in [1.807, 2.05) is 27.1 Å². The Morgan fingerprint density at radius 2 is 1.79 bits per heavy atom. The van der Waals surface area contributed by atoms with Crippen molar-refractivity contribution < 1.29 is 9.53 Å². The number of fused-ring (bicyclic) bond motifs is 3. The van der Waals surface area contributed by atoms with Crippen LogP contribution in [0.5, 0.6) is 0 Å². The summed E-state index contributed by atoms with van der Waals surface area (Å²) in [7, 11) is 4.06. The molecule has 2 heterocycles. The molecule has 0 amide bonds. The van der Waals surface area contributed by atoms with Gasteiger partial charge in [-0.2, -0.15) is 0 Å². The highest BCUT2D eigenvalue weighted by Crippen LogP contribution is 2.57. The Balaban J connectivity index is 1.80. The van der Waals surface area contributed by atoms with Gasteiger partial charge in [-0.15, -0.1) is 0 Å². The Bertz CT molecular complexity index is 930. The highest BCUT2D eigenvalue weighted by molar-refractivity contribution is 5.89. The molecule has 146 valence electrons. The van der Waals surface area contributed by atoms with E-state index in [1.165, 1.54) is 5.56 Å². The van der Waals surface area contributed by atoms with E-state index in [-0.39, 0.29) is 17.4 Å². The number of rotatable bonds is 4. The van der Waals surface area contributed by atoms with Gasteiger partial charge in [-0.3, -0.25) is 0 Å². The molecule has 2 aliphatic rings. The molecule has 2 unspecified atom stereocenters. The number of carbonyl (C=O) groups is 1. The summed E-state index contributed by atoms with van der Waals surface area (Å²) >= 11 is 0. The van der Waals surface area contributed by atoms with Gasteiger partial charge in [-0.25, -0.2) is 4.79 Å². The van der Waals surface area contributed by atoms with Crippen molar-refractivity contribution in [3.8, 4) is 0 Å². The molecular formula is C24H28N2O2. The SMILES string of the molecule is CCC1C(=O)OC2(/C=C/c3ccc(N(C)C)cc3)N1c1ccccc1C2(C)C. The van der Waals surface area contributed by atoms with Crippen LogP contribution in [0, 0.1) is 0 Å². The third-order valence-electron chi connectivity index (χ3n) is 6.23. The van der Waals surface area contributed by atoms with Crippen molar-refractivity contribution in [2.24, 2.45) is 0 Å². The van der Waals surface area contributed by atoms with E-state index in [0.717, 1.165) is 23.4 Å². The number of hydrogen-bond acceptors (Lipinski definition) is 4. The molecule has 0 saturated carbocycles. The first kappa shape index (κ1) is 18.6. The molecule has 0 radical (unpaired) electrons. The Morgan fingerprint density at radius 3 is 2.43 bits per heavy atom. The number of esters is 1. The molecule has 0 aliphatic carbocycles. The van der Waals surface area contributed by atoms with Gasteiger partial charge in [0.2, 0.25) is 5.72 Å². The maximum Gasteiger partial charge on any atom is 0.331 e. The van der Waals surface area contributed by atoms with Crippen molar-refractivity contribution >= 4 is 23.4 Å². The third-order valence-corrected chi connectivity index (χ3v) is 6.23. The monoisotopic (exact) mass is 376 g/mol. The fourth-order valence-corrected chi connectivity index (χ4v) is 4.55. The normalized spacial score (nSPS) is 25.0. The second-order valence-corrected chi connectivity index (χ2v) is 8.37. The summed E-state index contributed by atoms with van der Waals surface area (Å²) in [5, 5.41) is 0. The first-order valence-corrected chi connectivity index (χ1v) is 9.90. The molecule has 4 heteroatoms. The van der Waals surface area contributed by atoms with Crippen LogP contribution in [0.4, 0.5) is 11.4 Å². The number of anilines is 2. The number of ether oxygens (including phenoxy) is 1. The van der Waals surface area contributed by atoms with Crippen molar-refractivity contribution in [2.45, 2.75) is 44.4 Å². The van der Waals surface area contributed by atoms with Crippen LogP contribution >= 0.6 is 0 Å². The summed E-state index contributed by atoms with van der Waals surface area (Å²) in [4.78, 5) is 17.0. The molecule has 1 fully saturated rings. The lowest BCUT2D eigenvalue weighted by Gasteiger charge is -2.39. The molecule has 28 heavy (non-hydrogen) atoms. The lowest BCUT2D eigenvalue weighted by Crippen LogP contribution is -2.53. The van der Waals surface area contributed by atoms with Gasteiger partial charge >= 0.3 is 5.97 Å². The maximum absolute atomic E-state index is 12.7. The van der Waals surface area contributed by atoms with Crippen molar-refractivity contribution in [1.82, 2.24) is 0 Å². The summed E-state index contributed by atoms with van der Waals surface area (Å²) in [5.74, 6) is -0.141. The number of hydrogen-bond donors (Lipinski definition) is 0. The molecule has 2 atom stereocenters. The van der Waals surface area contributed by atoms with E-state index >= 15 is 0 Å². The number of para-hydroxylation sites is 1. The number of carbonyl (C=O) groups excluding carboxylic acids is 1. The smallest absolute Gasteiger partial charge is 0.331 e. The van der Waals surface area contributed by atoms with E-state index < -0.39 is 5.72 Å². The molecule has 4 rings (SSSR count). The maximum atomic E-state index is 12.7. The average Bonchev–Trinajstić information content (AvgIpc) is 3.08. The molecule has 0 spiro atoms. The summed E-state index contributed by atoms with van der Waals surface area (Å²) in [6.45, 7) is 6.37. The van der Waals surface area contributed by atoms with Crippen LogP contribution in [-0.2, 0) is 14.9 Å². The molecule has 4 nitrogen and oxygen atoms in total. The van der Waals surface area contributed by atoms with E-state index in [9.17, 15) is 4.79 Å². The van der Waals surface area contributed by atoms with Crippen LogP contribution in [0.3, 0.4) is 0 Å². The first-order valence-electron chi connectivity index (χ1n) is 9.90. The van der Waals surface area contributed by atoms with E-state index in [4.69, 9.17) is 4.74 Å². The van der Waals surface area contributed by atoms with Crippen LogP contribution in [-0.4, -0.2) is 31.8 Å². The summed E-state index contributed by atoms with van der Waals surface area (Å²) < 4.78 is 6.15. The fraction of sp³-hybridized carbons (Fsp3) is 0.375. The molecule has 1 saturated heterocycles. The zero-order valence-electron chi connectivity index (χ0n) is 17.3.